The van der Waals surface area contributed by atoms with Gasteiger partial charge in [0.05, 0.1) is 0 Å². The minimum Gasteiger partial charge on any atom is -0.484 e. The van der Waals surface area contributed by atoms with Crippen LogP contribution in [0.25, 0.3) is 11.0 Å². The molecule has 0 aliphatic heterocycles. The second-order valence-electron chi connectivity index (χ2n) is 7.56. The number of fused-ring (bicyclic) bond motifs is 1. The van der Waals surface area contributed by atoms with E-state index in [0.717, 1.165) is 30.2 Å². The minimum atomic E-state index is -0.373. The standard InChI is InChI=1S/C21H27NO4/c1-13(2)17-11-21(24)26-19-10-15(8-9-16(17)19)25-12-20(23)22-18-7-5-4-6-14(18)3/h8-11,13-14,18H,4-7,12H2,1-3H3,(H,22,23)/t14-,18-/m1/s1. The number of ether oxygens (including phenoxy) is 1. The molecule has 2 atom stereocenters. The van der Waals surface area contributed by atoms with Gasteiger partial charge in [0.15, 0.2) is 6.61 Å². The fraction of sp³-hybridized carbons (Fsp3) is 0.524. The predicted molar refractivity (Wildman–Crippen MR) is 102 cm³/mol. The zero-order valence-electron chi connectivity index (χ0n) is 15.7. The molecule has 2 aromatic rings. The first kappa shape index (κ1) is 18.5. The fourth-order valence-corrected chi connectivity index (χ4v) is 3.66. The van der Waals surface area contributed by atoms with Crippen LogP contribution >= 0.6 is 0 Å². The van der Waals surface area contributed by atoms with Crippen molar-refractivity contribution in [1.82, 2.24) is 5.32 Å². The Morgan fingerprint density at radius 2 is 2.04 bits per heavy atom. The molecule has 1 amide bonds. The fourth-order valence-electron chi connectivity index (χ4n) is 3.66. The van der Waals surface area contributed by atoms with Crippen LogP contribution in [-0.2, 0) is 4.79 Å². The average molecular weight is 357 g/mol. The van der Waals surface area contributed by atoms with E-state index in [1.165, 1.54) is 12.5 Å². The number of hydrogen-bond acceptors (Lipinski definition) is 4. The lowest BCUT2D eigenvalue weighted by Gasteiger charge is -2.29. The Hall–Kier alpha value is -2.30. The quantitative estimate of drug-likeness (QED) is 0.822. The van der Waals surface area contributed by atoms with Gasteiger partial charge in [-0.3, -0.25) is 4.79 Å². The Bertz CT molecular complexity index is 840. The molecule has 1 aliphatic rings. The van der Waals surface area contributed by atoms with Crippen molar-refractivity contribution in [3.05, 3.63) is 40.2 Å². The van der Waals surface area contributed by atoms with Crippen LogP contribution in [0.2, 0.25) is 0 Å². The first-order chi connectivity index (χ1) is 12.4. The Balaban J connectivity index is 1.67. The molecule has 0 radical (unpaired) electrons. The van der Waals surface area contributed by atoms with Gasteiger partial charge in [0, 0.05) is 23.6 Å². The highest BCUT2D eigenvalue weighted by molar-refractivity contribution is 5.82. The lowest BCUT2D eigenvalue weighted by molar-refractivity contribution is -0.124. The van der Waals surface area contributed by atoms with E-state index < -0.39 is 0 Å². The molecule has 5 heteroatoms. The van der Waals surface area contributed by atoms with Gasteiger partial charge in [-0.05, 0) is 42.4 Å². The van der Waals surface area contributed by atoms with Gasteiger partial charge in [0.1, 0.15) is 11.3 Å². The van der Waals surface area contributed by atoms with E-state index in [0.29, 0.717) is 17.3 Å². The second kappa shape index (κ2) is 7.94. The van der Waals surface area contributed by atoms with Crippen molar-refractivity contribution in [1.29, 1.82) is 0 Å². The Labute approximate surface area is 153 Å². The molecule has 0 unspecified atom stereocenters. The summed E-state index contributed by atoms with van der Waals surface area (Å²) in [5, 5.41) is 3.97. The van der Waals surface area contributed by atoms with E-state index >= 15 is 0 Å². The average Bonchev–Trinajstić information content (AvgIpc) is 2.60. The number of rotatable bonds is 5. The summed E-state index contributed by atoms with van der Waals surface area (Å²) in [6, 6.07) is 7.14. The van der Waals surface area contributed by atoms with Gasteiger partial charge in [0.2, 0.25) is 0 Å². The first-order valence-electron chi connectivity index (χ1n) is 9.44. The van der Waals surface area contributed by atoms with Crippen LogP contribution in [0.4, 0.5) is 0 Å². The minimum absolute atomic E-state index is 0.0389. The molecule has 1 heterocycles. The molecule has 1 aromatic heterocycles. The van der Waals surface area contributed by atoms with Crippen molar-refractivity contribution < 1.29 is 13.9 Å². The van der Waals surface area contributed by atoms with Gasteiger partial charge < -0.3 is 14.5 Å². The van der Waals surface area contributed by atoms with E-state index in [1.54, 1.807) is 6.07 Å². The topological polar surface area (TPSA) is 68.5 Å². The first-order valence-corrected chi connectivity index (χ1v) is 9.44. The largest absolute Gasteiger partial charge is 0.484 e. The van der Waals surface area contributed by atoms with Gasteiger partial charge >= 0.3 is 5.63 Å². The molecule has 1 N–H and O–H groups in total. The van der Waals surface area contributed by atoms with E-state index in [1.807, 2.05) is 26.0 Å². The van der Waals surface area contributed by atoms with Crippen LogP contribution in [-0.4, -0.2) is 18.6 Å². The monoisotopic (exact) mass is 357 g/mol. The lowest BCUT2D eigenvalue weighted by atomic mass is 9.86. The van der Waals surface area contributed by atoms with Crippen LogP contribution in [0.1, 0.15) is 57.9 Å². The number of benzene rings is 1. The molecule has 1 aromatic carbocycles. The summed E-state index contributed by atoms with van der Waals surface area (Å²) in [6.07, 6.45) is 4.60. The molecule has 0 spiro atoms. The van der Waals surface area contributed by atoms with Crippen LogP contribution in [0.15, 0.2) is 33.5 Å². The molecular weight excluding hydrogens is 330 g/mol. The number of nitrogens with one attached hydrogen (secondary N) is 1. The molecule has 3 rings (SSSR count). The molecular formula is C21H27NO4. The molecule has 5 nitrogen and oxygen atoms in total. The molecule has 1 saturated carbocycles. The zero-order valence-corrected chi connectivity index (χ0v) is 15.7. The van der Waals surface area contributed by atoms with Crippen molar-refractivity contribution in [2.45, 2.75) is 58.4 Å². The van der Waals surface area contributed by atoms with Gasteiger partial charge in [-0.15, -0.1) is 0 Å². The van der Waals surface area contributed by atoms with E-state index in [4.69, 9.17) is 9.15 Å². The molecule has 140 valence electrons. The Morgan fingerprint density at radius 3 is 2.77 bits per heavy atom. The van der Waals surface area contributed by atoms with Crippen LogP contribution < -0.4 is 15.7 Å². The number of amides is 1. The summed E-state index contributed by atoms with van der Waals surface area (Å²) in [5.74, 6) is 1.14. The second-order valence-corrected chi connectivity index (χ2v) is 7.56. The highest BCUT2D eigenvalue weighted by Gasteiger charge is 2.22. The predicted octanol–water partition coefficient (Wildman–Crippen LogP) is 3.99. The summed E-state index contributed by atoms with van der Waals surface area (Å²) >= 11 is 0. The zero-order chi connectivity index (χ0) is 18.7. The highest BCUT2D eigenvalue weighted by atomic mass is 16.5. The van der Waals surface area contributed by atoms with E-state index in [-0.39, 0.29) is 30.1 Å². The van der Waals surface area contributed by atoms with Gasteiger partial charge in [-0.1, -0.05) is 33.6 Å². The third-order valence-corrected chi connectivity index (χ3v) is 5.20. The molecule has 1 aliphatic carbocycles. The lowest BCUT2D eigenvalue weighted by Crippen LogP contribution is -2.43. The summed E-state index contributed by atoms with van der Waals surface area (Å²) in [6.45, 7) is 6.22. The molecule has 26 heavy (non-hydrogen) atoms. The van der Waals surface area contributed by atoms with E-state index in [9.17, 15) is 9.59 Å². The maximum Gasteiger partial charge on any atom is 0.336 e. The third kappa shape index (κ3) is 4.26. The Morgan fingerprint density at radius 1 is 1.27 bits per heavy atom. The summed E-state index contributed by atoms with van der Waals surface area (Å²) in [4.78, 5) is 23.9. The van der Waals surface area contributed by atoms with Gasteiger partial charge in [-0.25, -0.2) is 4.79 Å². The van der Waals surface area contributed by atoms with Crippen molar-refractivity contribution in [3.63, 3.8) is 0 Å². The van der Waals surface area contributed by atoms with Crippen LogP contribution in [0, 0.1) is 5.92 Å². The van der Waals surface area contributed by atoms with Crippen molar-refractivity contribution in [2.24, 2.45) is 5.92 Å². The molecule has 1 fully saturated rings. The van der Waals surface area contributed by atoms with Crippen molar-refractivity contribution in [2.75, 3.05) is 6.61 Å². The summed E-state index contributed by atoms with van der Waals surface area (Å²) in [5.41, 5.74) is 1.06. The highest BCUT2D eigenvalue weighted by Crippen LogP contribution is 2.27. The summed E-state index contributed by atoms with van der Waals surface area (Å²) in [7, 11) is 0. The molecule has 0 bridgehead atoms. The number of hydrogen-bond donors (Lipinski definition) is 1. The maximum absolute atomic E-state index is 12.2. The molecule has 0 saturated heterocycles. The van der Waals surface area contributed by atoms with Crippen LogP contribution in [0.5, 0.6) is 5.75 Å². The van der Waals surface area contributed by atoms with Crippen molar-refractivity contribution >= 4 is 16.9 Å². The normalized spacial score (nSPS) is 20.3. The summed E-state index contributed by atoms with van der Waals surface area (Å²) < 4.78 is 10.9. The maximum atomic E-state index is 12.2. The number of carbonyl (C=O) groups is 1. The number of carbonyl (C=O) groups excluding carboxylic acids is 1. The van der Waals surface area contributed by atoms with E-state index in [2.05, 4.69) is 12.2 Å². The third-order valence-electron chi connectivity index (χ3n) is 5.20. The van der Waals surface area contributed by atoms with Crippen LogP contribution in [0.3, 0.4) is 0 Å². The van der Waals surface area contributed by atoms with Crippen molar-refractivity contribution in [3.8, 4) is 5.75 Å². The van der Waals surface area contributed by atoms with Gasteiger partial charge in [-0.2, -0.15) is 0 Å². The smallest absolute Gasteiger partial charge is 0.336 e. The SMILES string of the molecule is CC(C)c1cc(=O)oc2cc(OCC(=O)N[C@@H]3CCCC[C@H]3C)ccc12. The van der Waals surface area contributed by atoms with Gasteiger partial charge in [0.25, 0.3) is 5.91 Å². The Kier molecular flexibility index (Phi) is 5.64.